The molecule has 0 unspecified atom stereocenters. The summed E-state index contributed by atoms with van der Waals surface area (Å²) in [5.41, 5.74) is 0.596. The van der Waals surface area contributed by atoms with E-state index in [4.69, 9.17) is 10.00 Å². The van der Waals surface area contributed by atoms with Crippen molar-refractivity contribution >= 4 is 5.78 Å². The molecule has 8 heteroatoms. The van der Waals surface area contributed by atoms with Gasteiger partial charge < -0.3 is 9.30 Å². The second-order valence-corrected chi connectivity index (χ2v) is 5.97. The van der Waals surface area contributed by atoms with E-state index in [0.29, 0.717) is 25.3 Å². The molecule has 0 saturated heterocycles. The van der Waals surface area contributed by atoms with E-state index in [1.54, 1.807) is 26.2 Å². The molecule has 8 nitrogen and oxygen atoms in total. The molecule has 2 aromatic heterocycles. The van der Waals surface area contributed by atoms with Crippen molar-refractivity contribution in [1.82, 2.24) is 13.7 Å². The number of carbonyl (C=O) groups excluding carboxylic acids is 1. The summed E-state index contributed by atoms with van der Waals surface area (Å²) in [7, 11) is 1.60. The van der Waals surface area contributed by atoms with Gasteiger partial charge in [0.1, 0.15) is 11.6 Å². The Morgan fingerprint density at radius 3 is 2.54 bits per heavy atom. The molecule has 0 bridgehead atoms. The molecule has 2 aromatic rings. The molecule has 0 aliphatic rings. The molecule has 0 aromatic carbocycles. The van der Waals surface area contributed by atoms with E-state index in [0.717, 1.165) is 16.0 Å². The van der Waals surface area contributed by atoms with E-state index in [2.05, 4.69) is 0 Å². The average Bonchev–Trinajstić information content (AvgIpc) is 2.91. The average molecular weight is 358 g/mol. The summed E-state index contributed by atoms with van der Waals surface area (Å²) >= 11 is 0. The summed E-state index contributed by atoms with van der Waals surface area (Å²) in [6.07, 6.45) is 1.22. The van der Waals surface area contributed by atoms with E-state index >= 15 is 0 Å². The number of methoxy groups -OCH3 is 1. The number of carbonyl (C=O) groups is 1. The van der Waals surface area contributed by atoms with Gasteiger partial charge >= 0.3 is 5.69 Å². The maximum Gasteiger partial charge on any atom is 0.331 e. The Morgan fingerprint density at radius 1 is 1.27 bits per heavy atom. The van der Waals surface area contributed by atoms with Gasteiger partial charge in [-0.25, -0.2) is 4.79 Å². The van der Waals surface area contributed by atoms with Crippen LogP contribution in [0.5, 0.6) is 0 Å². The van der Waals surface area contributed by atoms with E-state index in [9.17, 15) is 14.4 Å². The molecular formula is C18H22N4O4. The molecule has 0 spiro atoms. The second-order valence-electron chi connectivity index (χ2n) is 5.97. The first kappa shape index (κ1) is 19.4. The maximum atomic E-state index is 12.7. The molecule has 0 radical (unpaired) electrons. The number of nitriles is 1. The number of hydrogen-bond donors (Lipinski definition) is 0. The zero-order valence-electron chi connectivity index (χ0n) is 15.4. The molecule has 0 aliphatic heterocycles. The van der Waals surface area contributed by atoms with Crippen molar-refractivity contribution in [3.05, 3.63) is 55.6 Å². The normalized spacial score (nSPS) is 10.7. The van der Waals surface area contributed by atoms with Crippen LogP contribution < -0.4 is 11.2 Å². The van der Waals surface area contributed by atoms with Crippen LogP contribution in [0.15, 0.2) is 21.9 Å². The van der Waals surface area contributed by atoms with Gasteiger partial charge in [0.05, 0.1) is 13.2 Å². The number of aromatic nitrogens is 3. The van der Waals surface area contributed by atoms with Gasteiger partial charge in [0.15, 0.2) is 5.78 Å². The third kappa shape index (κ3) is 3.53. The van der Waals surface area contributed by atoms with Crippen LogP contribution in [0, 0.1) is 25.2 Å². The third-order valence-corrected chi connectivity index (χ3v) is 4.39. The highest BCUT2D eigenvalue weighted by atomic mass is 16.5. The Balaban J connectivity index is 2.45. The van der Waals surface area contributed by atoms with Gasteiger partial charge in [-0.1, -0.05) is 0 Å². The van der Waals surface area contributed by atoms with Crippen LogP contribution in [0.2, 0.25) is 0 Å². The Labute approximate surface area is 150 Å². The summed E-state index contributed by atoms with van der Waals surface area (Å²) in [6, 6.07) is 3.52. The number of Topliss-reactive ketones (excluding diaryl/α,β-unsaturated/α-hetero) is 1. The SMILES string of the molecule is CCn1cc(C#N)c(=O)n(CC(=O)c2cc(C)n(CCOC)c2C)c1=O. The minimum absolute atomic E-state index is 0.162. The van der Waals surface area contributed by atoms with Crippen LogP contribution in [-0.2, 0) is 24.4 Å². The maximum absolute atomic E-state index is 12.7. The quantitative estimate of drug-likeness (QED) is 0.683. The van der Waals surface area contributed by atoms with Crippen LogP contribution in [-0.4, -0.2) is 33.2 Å². The largest absolute Gasteiger partial charge is 0.383 e. The minimum Gasteiger partial charge on any atom is -0.383 e. The standard InChI is InChI=1S/C18H22N4O4/c1-5-20-10-14(9-19)17(24)22(18(20)25)11-16(23)15-8-12(2)21(13(15)3)6-7-26-4/h8,10H,5-7,11H2,1-4H3. The van der Waals surface area contributed by atoms with E-state index in [-0.39, 0.29) is 11.3 Å². The van der Waals surface area contributed by atoms with E-state index < -0.39 is 17.8 Å². The Kier molecular flexibility index (Phi) is 5.95. The highest BCUT2D eigenvalue weighted by Crippen LogP contribution is 2.16. The van der Waals surface area contributed by atoms with Gasteiger partial charge in [-0.2, -0.15) is 5.26 Å². The Bertz CT molecular complexity index is 988. The van der Waals surface area contributed by atoms with Crippen LogP contribution in [0.1, 0.15) is 34.2 Å². The fraction of sp³-hybridized carbons (Fsp3) is 0.444. The lowest BCUT2D eigenvalue weighted by Gasteiger charge is -2.10. The lowest BCUT2D eigenvalue weighted by Crippen LogP contribution is -2.42. The van der Waals surface area contributed by atoms with Gasteiger partial charge in [0.25, 0.3) is 5.56 Å². The van der Waals surface area contributed by atoms with Crippen LogP contribution in [0.3, 0.4) is 0 Å². The van der Waals surface area contributed by atoms with Gasteiger partial charge in [-0.15, -0.1) is 0 Å². The van der Waals surface area contributed by atoms with Crippen LogP contribution in [0.4, 0.5) is 0 Å². The zero-order chi connectivity index (χ0) is 19.4. The molecule has 0 aliphatic carbocycles. The predicted octanol–water partition coefficient (Wildman–Crippen LogP) is 0.849. The highest BCUT2D eigenvalue weighted by Gasteiger charge is 2.19. The molecule has 0 amide bonds. The van der Waals surface area contributed by atoms with Crippen molar-refractivity contribution in [3.63, 3.8) is 0 Å². The fourth-order valence-electron chi connectivity index (χ4n) is 2.94. The molecule has 0 fully saturated rings. The first-order valence-electron chi connectivity index (χ1n) is 8.28. The predicted molar refractivity (Wildman–Crippen MR) is 95.5 cm³/mol. The van der Waals surface area contributed by atoms with Gasteiger partial charge in [0.2, 0.25) is 0 Å². The van der Waals surface area contributed by atoms with Gasteiger partial charge in [-0.3, -0.25) is 18.7 Å². The summed E-state index contributed by atoms with van der Waals surface area (Å²) in [5.74, 6) is -0.348. The number of nitrogens with zero attached hydrogens (tertiary/aromatic N) is 4. The summed E-state index contributed by atoms with van der Waals surface area (Å²) in [5, 5.41) is 9.09. The lowest BCUT2D eigenvalue weighted by atomic mass is 10.1. The van der Waals surface area contributed by atoms with Crippen molar-refractivity contribution in [2.45, 2.75) is 40.4 Å². The molecule has 0 atom stereocenters. The molecule has 0 N–H and O–H groups in total. The summed E-state index contributed by atoms with van der Waals surface area (Å²) in [6.45, 7) is 6.43. The first-order chi connectivity index (χ1) is 12.3. The first-order valence-corrected chi connectivity index (χ1v) is 8.28. The minimum atomic E-state index is -0.747. The Morgan fingerprint density at radius 2 is 1.96 bits per heavy atom. The van der Waals surface area contributed by atoms with Crippen molar-refractivity contribution in [1.29, 1.82) is 5.26 Å². The Hall–Kier alpha value is -2.92. The topological polar surface area (TPSA) is 99.0 Å². The fourth-order valence-corrected chi connectivity index (χ4v) is 2.94. The molecule has 2 heterocycles. The molecule has 0 saturated carbocycles. The number of aryl methyl sites for hydroxylation is 2. The molecule has 138 valence electrons. The lowest BCUT2D eigenvalue weighted by molar-refractivity contribution is 0.0967. The summed E-state index contributed by atoms with van der Waals surface area (Å²) in [4.78, 5) is 37.4. The second kappa shape index (κ2) is 7.97. The highest BCUT2D eigenvalue weighted by molar-refractivity contribution is 5.97. The molecule has 2 rings (SSSR count). The van der Waals surface area contributed by atoms with Crippen molar-refractivity contribution in [2.75, 3.05) is 13.7 Å². The van der Waals surface area contributed by atoms with E-state index in [1.807, 2.05) is 18.4 Å². The smallest absolute Gasteiger partial charge is 0.331 e. The van der Waals surface area contributed by atoms with Crippen LogP contribution in [0.25, 0.3) is 0 Å². The third-order valence-electron chi connectivity index (χ3n) is 4.39. The van der Waals surface area contributed by atoms with Crippen molar-refractivity contribution in [3.8, 4) is 6.07 Å². The summed E-state index contributed by atoms with van der Waals surface area (Å²) < 4.78 is 9.10. The van der Waals surface area contributed by atoms with Crippen LogP contribution >= 0.6 is 0 Å². The number of ether oxygens (including phenoxy) is 1. The van der Waals surface area contributed by atoms with Gasteiger partial charge in [0, 0.05) is 43.3 Å². The molecular weight excluding hydrogens is 336 g/mol. The monoisotopic (exact) mass is 358 g/mol. The zero-order valence-corrected chi connectivity index (χ0v) is 15.4. The van der Waals surface area contributed by atoms with Crippen molar-refractivity contribution in [2.24, 2.45) is 0 Å². The number of rotatable bonds is 7. The number of hydrogen-bond acceptors (Lipinski definition) is 5. The van der Waals surface area contributed by atoms with Gasteiger partial charge in [-0.05, 0) is 26.8 Å². The number of ketones is 1. The van der Waals surface area contributed by atoms with E-state index in [1.165, 1.54) is 10.8 Å². The molecule has 26 heavy (non-hydrogen) atoms. The van der Waals surface area contributed by atoms with Crippen molar-refractivity contribution < 1.29 is 9.53 Å².